The molecule has 13 rings (SSSR count). The number of carbonyl (C=O) groups is 4. The molecule has 0 bridgehead atoms. The predicted octanol–water partition coefficient (Wildman–Crippen LogP) is 13.3. The number of piperidine rings is 2. The van der Waals surface area contributed by atoms with Gasteiger partial charge in [0.05, 0.1) is 35.5 Å². The molecule has 4 heterocycles. The summed E-state index contributed by atoms with van der Waals surface area (Å²) in [5.41, 5.74) is 7.10. The monoisotopic (exact) mass is 1170 g/mol. The first kappa shape index (κ1) is 59.3. The van der Waals surface area contributed by atoms with Gasteiger partial charge in [-0.15, -0.1) is 0 Å². The zero-order chi connectivity index (χ0) is 59.2. The lowest BCUT2D eigenvalue weighted by Gasteiger charge is -2.49. The van der Waals surface area contributed by atoms with Crippen molar-refractivity contribution < 1.29 is 64.5 Å². The maximum absolute atomic E-state index is 13.6. The second-order valence-electron chi connectivity index (χ2n) is 29.0. The highest BCUT2D eigenvalue weighted by Crippen LogP contribution is 2.68. The molecule has 0 unspecified atom stereocenters. The van der Waals surface area contributed by atoms with Crippen LogP contribution in [0, 0.1) is 70.0 Å². The fraction of sp³-hybridized carbons (Fsp3) is 0.815. The number of carbonyl (C=O) groups excluding carboxylic acids is 4. The minimum Gasteiger partial charge on any atom is -0.446 e. The van der Waals surface area contributed by atoms with E-state index in [1.165, 1.54) is 33.4 Å². The van der Waals surface area contributed by atoms with Crippen LogP contribution in [-0.4, -0.2) is 120 Å². The van der Waals surface area contributed by atoms with Crippen LogP contribution in [0.2, 0.25) is 0 Å². The topological polar surface area (TPSA) is 136 Å². The Morgan fingerprint density at radius 2 is 1.04 bits per heavy atom. The summed E-state index contributed by atoms with van der Waals surface area (Å²) in [6, 6.07) is -0.818. The standard InChI is InChI=1S/C33H45F3N2O4.C32H45F3N2O4/c1-17-13-27-28(38(16-17)29(39)33(34,35)36)19(3)32(42-27)12-10-23-24-8-5-20-14-22(41-30(40)37-21-6-7-21)9-11-31(20,4)26(24)15-25(23)18(32)2;1-6-36-29(39)40-21-9-11-30(5)20(14-21)7-8-23-22-10-12-31(18(3)24(22)15-25(23)30)19(4)27-26(41-31)13-17(2)16-37(27)28(38)32(33,34)35/h5,17,19,21-24,26-28H,6-16H2,1-4H3,(H,37,40);7,17,19,21-23,25-27H,6,8-16H2,1-5H3,(H,36,39)/t17-,19+,22-,23-,24-,26-,27+,28-,31-,32-;17-,19+,21-,22-,23-,25-,26+,27-,30-,31-/m00/s1. The van der Waals surface area contributed by atoms with Crippen LogP contribution in [0.5, 0.6) is 0 Å². The van der Waals surface area contributed by atoms with Gasteiger partial charge in [0.25, 0.3) is 0 Å². The van der Waals surface area contributed by atoms with E-state index in [0.29, 0.717) is 54.9 Å². The van der Waals surface area contributed by atoms with Gasteiger partial charge in [0.1, 0.15) is 12.2 Å². The molecule has 4 amide bonds. The van der Waals surface area contributed by atoms with Crippen molar-refractivity contribution in [1.29, 1.82) is 0 Å². The van der Waals surface area contributed by atoms with Crippen molar-refractivity contribution in [2.24, 2.45) is 70.0 Å². The fourth-order valence-corrected chi connectivity index (χ4v) is 20.5. The number of nitrogens with zero attached hydrogens (tertiary/aromatic N) is 2. The summed E-state index contributed by atoms with van der Waals surface area (Å²) in [7, 11) is 0. The number of hydrogen-bond donors (Lipinski definition) is 2. The lowest BCUT2D eigenvalue weighted by Crippen LogP contribution is -2.57. The number of amides is 4. The highest BCUT2D eigenvalue weighted by Gasteiger charge is 2.66. The molecule has 2 N–H and O–H groups in total. The normalized spacial score (nSPS) is 44.1. The Morgan fingerprint density at radius 3 is 1.43 bits per heavy atom. The molecule has 0 aromatic carbocycles. The van der Waals surface area contributed by atoms with Crippen molar-refractivity contribution >= 4 is 24.0 Å². The van der Waals surface area contributed by atoms with Gasteiger partial charge in [0, 0.05) is 50.4 Å². The van der Waals surface area contributed by atoms with Gasteiger partial charge in [-0.25, -0.2) is 9.59 Å². The Kier molecular flexibility index (Phi) is 15.1. The summed E-state index contributed by atoms with van der Waals surface area (Å²) in [6.07, 6.45) is 9.86. The molecule has 5 saturated carbocycles. The van der Waals surface area contributed by atoms with Crippen molar-refractivity contribution in [2.75, 3.05) is 19.6 Å². The Bertz CT molecular complexity index is 2760. The van der Waals surface area contributed by atoms with Crippen LogP contribution in [0.1, 0.15) is 178 Å². The van der Waals surface area contributed by atoms with Crippen molar-refractivity contribution in [3.05, 3.63) is 45.6 Å². The van der Waals surface area contributed by atoms with E-state index in [-0.39, 0.29) is 90.2 Å². The van der Waals surface area contributed by atoms with E-state index in [9.17, 15) is 45.5 Å². The van der Waals surface area contributed by atoms with Crippen molar-refractivity contribution in [2.45, 2.75) is 244 Å². The van der Waals surface area contributed by atoms with Crippen LogP contribution in [0.3, 0.4) is 0 Å². The number of fused-ring (bicyclic) bond motifs is 12. The summed E-state index contributed by atoms with van der Waals surface area (Å²) in [5.74, 6) is -0.880. The summed E-state index contributed by atoms with van der Waals surface area (Å²) in [4.78, 5) is 51.7. The lowest BCUT2D eigenvalue weighted by molar-refractivity contribution is -0.192. The molecule has 2 spiro atoms. The summed E-state index contributed by atoms with van der Waals surface area (Å²) < 4.78 is 107. The van der Waals surface area contributed by atoms with Gasteiger partial charge >= 0.3 is 36.4 Å². The van der Waals surface area contributed by atoms with Crippen molar-refractivity contribution in [3.8, 4) is 0 Å². The minimum absolute atomic E-state index is 0.0399. The number of rotatable bonds is 4. The highest BCUT2D eigenvalue weighted by molar-refractivity contribution is 5.83. The van der Waals surface area contributed by atoms with E-state index in [4.69, 9.17) is 18.9 Å². The number of nitrogens with one attached hydrogen (secondary N) is 2. The fourth-order valence-electron chi connectivity index (χ4n) is 20.5. The molecule has 9 aliphatic carbocycles. The van der Waals surface area contributed by atoms with Gasteiger partial charge in [0.15, 0.2) is 0 Å². The first-order valence-electron chi connectivity index (χ1n) is 31.9. The average molecular weight is 1170 g/mol. The Morgan fingerprint density at radius 1 is 0.614 bits per heavy atom. The first-order chi connectivity index (χ1) is 39.1. The van der Waals surface area contributed by atoms with Gasteiger partial charge in [-0.1, -0.05) is 76.0 Å². The molecule has 0 aromatic rings. The second kappa shape index (κ2) is 21.1. The molecule has 12 nitrogen and oxygen atoms in total. The van der Waals surface area contributed by atoms with Crippen LogP contribution in [0.4, 0.5) is 35.9 Å². The van der Waals surface area contributed by atoms with E-state index in [1.807, 2.05) is 34.6 Å². The molecule has 9 fully saturated rings. The van der Waals surface area contributed by atoms with E-state index < -0.39 is 47.5 Å². The maximum Gasteiger partial charge on any atom is 0.471 e. The minimum atomic E-state index is -4.88. The van der Waals surface area contributed by atoms with E-state index in [1.54, 1.807) is 0 Å². The Hall–Kier alpha value is -4.06. The number of hydrogen-bond acceptors (Lipinski definition) is 8. The third-order valence-corrected chi connectivity index (χ3v) is 24.7. The van der Waals surface area contributed by atoms with Crippen LogP contribution >= 0.6 is 0 Å². The maximum atomic E-state index is 13.6. The van der Waals surface area contributed by atoms with Gasteiger partial charge in [-0.05, 0) is 193 Å². The first-order valence-corrected chi connectivity index (χ1v) is 31.9. The summed E-state index contributed by atoms with van der Waals surface area (Å²) >= 11 is 0. The Labute approximate surface area is 486 Å². The smallest absolute Gasteiger partial charge is 0.446 e. The zero-order valence-electron chi connectivity index (χ0n) is 50.2. The molecule has 18 heteroatoms. The SMILES string of the molecule is CC1=C2C[C@H]3[C@@H](CC=C4C[C@@H](OC(=O)NC5CC5)CC[C@@]43C)[C@@H]2CC[C@]12O[C@@H]1C[C@H](C)CN(C(=O)C(F)(F)F)[C@H]1[C@H]2C.CCNC(=O)O[C@H]1CC[C@@]2(C)C(=CC[C@H]3[C@@H]4CC[C@]5(O[C@@H]6C[C@H](C)CN(C(=O)C(F)(F)F)[C@H]6[C@H]5C)C(C)=C4C[C@@H]32)C1. The number of halogens is 6. The van der Waals surface area contributed by atoms with E-state index in [2.05, 4.69) is 50.5 Å². The number of alkyl halides is 6. The van der Waals surface area contributed by atoms with Gasteiger partial charge < -0.3 is 39.4 Å². The van der Waals surface area contributed by atoms with Gasteiger partial charge in [0.2, 0.25) is 0 Å². The molecule has 20 atom stereocenters. The van der Waals surface area contributed by atoms with Crippen LogP contribution in [-0.2, 0) is 28.5 Å². The van der Waals surface area contributed by atoms with Crippen LogP contribution in [0.25, 0.3) is 0 Å². The van der Waals surface area contributed by atoms with E-state index in [0.717, 1.165) is 113 Å². The summed E-state index contributed by atoms with van der Waals surface area (Å²) in [5, 5.41) is 5.69. The molecular weight excluding hydrogens is 1080 g/mol. The number of alkyl carbamates (subject to hydrolysis) is 2. The zero-order valence-corrected chi connectivity index (χ0v) is 50.2. The largest absolute Gasteiger partial charge is 0.471 e. The lowest BCUT2D eigenvalue weighted by atomic mass is 9.56. The van der Waals surface area contributed by atoms with Gasteiger partial charge in [-0.2, -0.15) is 26.3 Å². The molecule has 0 aromatic heterocycles. The molecule has 0 radical (unpaired) electrons. The molecule has 13 aliphatic rings. The van der Waals surface area contributed by atoms with Crippen LogP contribution in [0.15, 0.2) is 45.6 Å². The van der Waals surface area contributed by atoms with Gasteiger partial charge in [-0.3, -0.25) is 9.59 Å². The van der Waals surface area contributed by atoms with Crippen LogP contribution < -0.4 is 10.6 Å². The average Bonchev–Trinajstić information content (AvgIpc) is 1.72. The summed E-state index contributed by atoms with van der Waals surface area (Å²) in [6.45, 7) is 19.7. The molecule has 83 heavy (non-hydrogen) atoms. The second-order valence-corrected chi connectivity index (χ2v) is 29.0. The number of allylic oxidation sites excluding steroid dienone is 4. The predicted molar refractivity (Wildman–Crippen MR) is 298 cm³/mol. The molecular formula is C65H90F6N4O8. The quantitative estimate of drug-likeness (QED) is 0.210. The highest BCUT2D eigenvalue weighted by atomic mass is 19.4. The number of ether oxygens (including phenoxy) is 4. The molecule has 460 valence electrons. The van der Waals surface area contributed by atoms with Crippen molar-refractivity contribution in [3.63, 3.8) is 0 Å². The third-order valence-electron chi connectivity index (χ3n) is 24.7. The molecule has 4 saturated heterocycles. The van der Waals surface area contributed by atoms with E-state index >= 15 is 0 Å². The third kappa shape index (κ3) is 9.82. The molecule has 4 aliphatic heterocycles. The Balaban J connectivity index is 0.000000164. The van der Waals surface area contributed by atoms with Crippen molar-refractivity contribution in [1.82, 2.24) is 20.4 Å². The number of likely N-dealkylation sites (tertiary alicyclic amines) is 2.